The van der Waals surface area contributed by atoms with Crippen LogP contribution in [-0.2, 0) is 4.74 Å². The highest BCUT2D eigenvalue weighted by Crippen LogP contribution is 2.28. The largest absolute Gasteiger partial charge is 0.464 e. The number of nitrogens with one attached hydrogen (secondary N) is 1. The molecule has 1 N–H and O–H groups in total. The number of rotatable bonds is 3. The van der Waals surface area contributed by atoms with Crippen molar-refractivity contribution in [3.05, 3.63) is 57.5 Å². The van der Waals surface area contributed by atoms with Gasteiger partial charge in [0.2, 0.25) is 0 Å². The SMILES string of the molecule is Cc1ccc(C2COCCN2C(=O)Nc2cc([N+](=O)[O-])ccc2C)o1. The van der Waals surface area contributed by atoms with E-state index in [1.165, 1.54) is 12.1 Å². The molecule has 1 fully saturated rings. The lowest BCUT2D eigenvalue weighted by atomic mass is 10.1. The molecular weight excluding hydrogens is 326 g/mol. The number of non-ortho nitro benzene ring substituents is 1. The van der Waals surface area contributed by atoms with Gasteiger partial charge >= 0.3 is 6.03 Å². The first-order valence-corrected chi connectivity index (χ1v) is 7.92. The molecule has 1 saturated heterocycles. The highest BCUT2D eigenvalue weighted by atomic mass is 16.6. The van der Waals surface area contributed by atoms with Gasteiger partial charge in [0, 0.05) is 18.7 Å². The van der Waals surface area contributed by atoms with Crippen LogP contribution in [0, 0.1) is 24.0 Å². The van der Waals surface area contributed by atoms with E-state index in [1.54, 1.807) is 17.9 Å². The number of aryl methyl sites for hydroxylation is 2. The fourth-order valence-electron chi connectivity index (χ4n) is 2.76. The molecule has 1 aliphatic rings. The number of carbonyl (C=O) groups is 1. The van der Waals surface area contributed by atoms with Gasteiger partial charge in [0.1, 0.15) is 17.6 Å². The second kappa shape index (κ2) is 6.94. The van der Waals surface area contributed by atoms with Crippen molar-refractivity contribution >= 4 is 17.4 Å². The number of furan rings is 1. The van der Waals surface area contributed by atoms with Crippen molar-refractivity contribution in [3.8, 4) is 0 Å². The minimum atomic E-state index is -0.488. The predicted molar refractivity (Wildman–Crippen MR) is 90.6 cm³/mol. The van der Waals surface area contributed by atoms with Crippen LogP contribution < -0.4 is 5.32 Å². The summed E-state index contributed by atoms with van der Waals surface area (Å²) in [6.45, 7) is 4.80. The Morgan fingerprint density at radius 2 is 2.12 bits per heavy atom. The lowest BCUT2D eigenvalue weighted by molar-refractivity contribution is -0.384. The predicted octanol–water partition coefficient (Wildman–Crippen LogP) is 3.41. The quantitative estimate of drug-likeness (QED) is 0.679. The highest BCUT2D eigenvalue weighted by Gasteiger charge is 2.31. The molecule has 132 valence electrons. The van der Waals surface area contributed by atoms with Gasteiger partial charge in [-0.3, -0.25) is 10.1 Å². The van der Waals surface area contributed by atoms with Crippen LogP contribution in [0.1, 0.15) is 23.1 Å². The average molecular weight is 345 g/mol. The van der Waals surface area contributed by atoms with Gasteiger partial charge in [-0.1, -0.05) is 6.07 Å². The Balaban J connectivity index is 1.81. The second-order valence-electron chi connectivity index (χ2n) is 5.92. The molecule has 1 unspecified atom stereocenters. The van der Waals surface area contributed by atoms with E-state index in [9.17, 15) is 14.9 Å². The van der Waals surface area contributed by atoms with Crippen molar-refractivity contribution in [2.24, 2.45) is 0 Å². The van der Waals surface area contributed by atoms with Crippen molar-refractivity contribution in [2.45, 2.75) is 19.9 Å². The maximum atomic E-state index is 12.7. The summed E-state index contributed by atoms with van der Waals surface area (Å²) in [5, 5.41) is 13.7. The summed E-state index contributed by atoms with van der Waals surface area (Å²) in [5.41, 5.74) is 1.10. The third kappa shape index (κ3) is 3.63. The zero-order valence-corrected chi connectivity index (χ0v) is 14.0. The van der Waals surface area contributed by atoms with Gasteiger partial charge in [-0.15, -0.1) is 0 Å². The van der Waals surface area contributed by atoms with E-state index in [0.29, 0.717) is 31.2 Å². The Morgan fingerprint density at radius 1 is 1.32 bits per heavy atom. The summed E-state index contributed by atoms with van der Waals surface area (Å²) in [5.74, 6) is 1.42. The lowest BCUT2D eigenvalue weighted by Gasteiger charge is -2.34. The van der Waals surface area contributed by atoms with Gasteiger partial charge in [0.15, 0.2) is 0 Å². The molecule has 8 heteroatoms. The van der Waals surface area contributed by atoms with E-state index >= 15 is 0 Å². The number of hydrogen-bond acceptors (Lipinski definition) is 5. The summed E-state index contributed by atoms with van der Waals surface area (Å²) in [7, 11) is 0. The molecule has 1 aliphatic heterocycles. The zero-order valence-electron chi connectivity index (χ0n) is 14.0. The number of nitrogens with zero attached hydrogens (tertiary/aromatic N) is 2. The van der Waals surface area contributed by atoms with Crippen LogP contribution in [0.3, 0.4) is 0 Å². The number of hydrogen-bond donors (Lipinski definition) is 1. The van der Waals surface area contributed by atoms with E-state index < -0.39 is 4.92 Å². The number of morpholine rings is 1. The molecule has 0 radical (unpaired) electrons. The molecule has 8 nitrogen and oxygen atoms in total. The van der Waals surface area contributed by atoms with E-state index in [1.807, 2.05) is 19.1 Å². The van der Waals surface area contributed by atoms with Crippen LogP contribution >= 0.6 is 0 Å². The number of amides is 2. The lowest BCUT2D eigenvalue weighted by Crippen LogP contribution is -2.45. The third-order valence-corrected chi connectivity index (χ3v) is 4.15. The molecule has 2 amide bonds. The summed E-state index contributed by atoms with van der Waals surface area (Å²) < 4.78 is 11.1. The minimum absolute atomic E-state index is 0.0684. The Morgan fingerprint density at radius 3 is 2.80 bits per heavy atom. The van der Waals surface area contributed by atoms with Gasteiger partial charge < -0.3 is 19.4 Å². The molecule has 1 atom stereocenters. The van der Waals surface area contributed by atoms with Gasteiger partial charge in [-0.05, 0) is 31.5 Å². The summed E-state index contributed by atoms with van der Waals surface area (Å²) in [6.07, 6.45) is 0. The molecule has 0 spiro atoms. The molecule has 1 aromatic carbocycles. The first-order chi connectivity index (χ1) is 12.0. The van der Waals surface area contributed by atoms with E-state index in [0.717, 1.165) is 11.3 Å². The molecule has 0 bridgehead atoms. The van der Waals surface area contributed by atoms with Crippen LogP contribution in [0.2, 0.25) is 0 Å². The number of anilines is 1. The van der Waals surface area contributed by atoms with Crippen molar-refractivity contribution in [1.82, 2.24) is 4.90 Å². The first-order valence-electron chi connectivity index (χ1n) is 7.92. The normalized spacial score (nSPS) is 17.4. The number of nitro benzene ring substituents is 1. The zero-order chi connectivity index (χ0) is 18.0. The monoisotopic (exact) mass is 345 g/mol. The van der Waals surface area contributed by atoms with E-state index in [4.69, 9.17) is 9.15 Å². The van der Waals surface area contributed by atoms with Gasteiger partial charge in [0.05, 0.1) is 23.8 Å². The molecule has 3 rings (SSSR count). The van der Waals surface area contributed by atoms with E-state index in [-0.39, 0.29) is 17.8 Å². The van der Waals surface area contributed by atoms with Crippen LogP contribution in [-0.4, -0.2) is 35.6 Å². The van der Waals surface area contributed by atoms with Gasteiger partial charge in [-0.2, -0.15) is 0 Å². The molecule has 0 aliphatic carbocycles. The maximum absolute atomic E-state index is 12.7. The topological polar surface area (TPSA) is 97.8 Å². The standard InChI is InChI=1S/C17H19N3O5/c1-11-3-5-13(20(22)23)9-14(11)18-17(21)19-7-8-24-10-15(19)16-6-4-12(2)25-16/h3-6,9,15H,7-8,10H2,1-2H3,(H,18,21). The van der Waals surface area contributed by atoms with Crippen LogP contribution in [0.5, 0.6) is 0 Å². The molecule has 2 aromatic rings. The average Bonchev–Trinajstić information content (AvgIpc) is 3.03. The highest BCUT2D eigenvalue weighted by molar-refractivity contribution is 5.91. The number of benzene rings is 1. The van der Waals surface area contributed by atoms with Crippen LogP contribution in [0.15, 0.2) is 34.7 Å². The maximum Gasteiger partial charge on any atom is 0.322 e. The third-order valence-electron chi connectivity index (χ3n) is 4.15. The Hall–Kier alpha value is -2.87. The fraction of sp³-hybridized carbons (Fsp3) is 0.353. The number of urea groups is 1. The van der Waals surface area contributed by atoms with Crippen LogP contribution in [0.4, 0.5) is 16.2 Å². The molecule has 25 heavy (non-hydrogen) atoms. The Labute approximate surface area is 144 Å². The summed E-state index contributed by atoms with van der Waals surface area (Å²) in [4.78, 5) is 24.8. The summed E-state index contributed by atoms with van der Waals surface area (Å²) >= 11 is 0. The minimum Gasteiger partial charge on any atom is -0.464 e. The van der Waals surface area contributed by atoms with Crippen molar-refractivity contribution in [2.75, 3.05) is 25.1 Å². The van der Waals surface area contributed by atoms with E-state index in [2.05, 4.69) is 5.32 Å². The Kier molecular flexibility index (Phi) is 4.71. The smallest absolute Gasteiger partial charge is 0.322 e. The molecule has 0 saturated carbocycles. The van der Waals surface area contributed by atoms with Gasteiger partial charge in [0.25, 0.3) is 5.69 Å². The number of carbonyl (C=O) groups excluding carboxylic acids is 1. The molecular formula is C17H19N3O5. The number of nitro groups is 1. The van der Waals surface area contributed by atoms with Crippen molar-refractivity contribution < 1.29 is 18.9 Å². The molecule has 1 aromatic heterocycles. The van der Waals surface area contributed by atoms with Crippen molar-refractivity contribution in [3.63, 3.8) is 0 Å². The molecule has 2 heterocycles. The van der Waals surface area contributed by atoms with Gasteiger partial charge in [-0.25, -0.2) is 4.79 Å². The first kappa shape index (κ1) is 17.0. The van der Waals surface area contributed by atoms with Crippen molar-refractivity contribution in [1.29, 1.82) is 0 Å². The second-order valence-corrected chi connectivity index (χ2v) is 5.92. The van der Waals surface area contributed by atoms with Crippen LogP contribution in [0.25, 0.3) is 0 Å². The summed E-state index contributed by atoms with van der Waals surface area (Å²) in [6, 6.07) is 7.37. The Bertz CT molecular complexity index is 801. The fourth-order valence-corrected chi connectivity index (χ4v) is 2.76. The number of ether oxygens (including phenoxy) is 1.